The first-order valence-corrected chi connectivity index (χ1v) is 16.6. The van der Waals surface area contributed by atoms with Gasteiger partial charge in [0.05, 0.1) is 0 Å². The van der Waals surface area contributed by atoms with E-state index in [1.165, 1.54) is 0 Å². The molecule has 0 radical (unpaired) electrons. The molecule has 5 rings (SSSR count). The Bertz CT molecular complexity index is 1260. The molecule has 0 bridgehead atoms. The largest absolute Gasteiger partial charge is 2.00 e. The van der Waals surface area contributed by atoms with E-state index in [2.05, 4.69) is 98.0 Å². The zero-order valence-electron chi connectivity index (χ0n) is 32.1. The minimum atomic E-state index is -0.0711. The first-order chi connectivity index (χ1) is 22.3. The maximum atomic E-state index is 12.3. The van der Waals surface area contributed by atoms with E-state index in [0.717, 1.165) is 22.3 Å². The standard InChI is InChI=1S/2C14H22O.3C5H5N.Ba/c2*1-13(2,3)10-8-7-9-11(12(10)15)14(4,5)6;3*1-2-4-6-5-3-1;/h2*7-9,15H,1-6H3;3*1-5H;/q;;;;;+2. The SMILES string of the molecule is CC(C)(C)c1cccc(C(C)(C)C)c1[O-].CC(C)(C)c1cccc(C(C)(C)C)c1[O-].[Ba+2].c1cc[nH+]cc1.c1cc[nH+]cc1.c1ccncc1. The van der Waals surface area contributed by atoms with Crippen molar-refractivity contribution in [3.63, 3.8) is 0 Å². The minimum absolute atomic E-state index is 0. The van der Waals surface area contributed by atoms with Crippen LogP contribution in [0.25, 0.3) is 0 Å². The van der Waals surface area contributed by atoms with Crippen LogP contribution >= 0.6 is 0 Å². The Morgan fingerprint density at radius 3 is 0.755 bits per heavy atom. The second kappa shape index (κ2) is 22.0. The van der Waals surface area contributed by atoms with Gasteiger partial charge in [0, 0.05) is 36.7 Å². The predicted octanol–water partition coefficient (Wildman–Crippen LogP) is 8.41. The summed E-state index contributed by atoms with van der Waals surface area (Å²) in [5.74, 6) is 0.412. The second-order valence-corrected chi connectivity index (χ2v) is 15.5. The Morgan fingerprint density at radius 1 is 0.388 bits per heavy atom. The molecule has 3 heterocycles. The molecule has 6 heteroatoms. The fourth-order valence-electron chi connectivity index (χ4n) is 4.43. The molecular formula is C43H59BaN3O2+2. The van der Waals surface area contributed by atoms with Crippen molar-refractivity contribution >= 4 is 48.9 Å². The number of para-hydroxylation sites is 2. The summed E-state index contributed by atoms with van der Waals surface area (Å²) in [5.41, 5.74) is 3.36. The van der Waals surface area contributed by atoms with Crippen LogP contribution in [-0.2, 0) is 21.7 Å². The van der Waals surface area contributed by atoms with Crippen LogP contribution in [0.15, 0.2) is 128 Å². The van der Waals surface area contributed by atoms with Crippen molar-refractivity contribution in [3.05, 3.63) is 150 Å². The fourth-order valence-corrected chi connectivity index (χ4v) is 4.43. The maximum absolute atomic E-state index is 12.3. The topological polar surface area (TPSA) is 87.3 Å². The molecule has 0 aliphatic carbocycles. The number of nitrogens with zero attached hydrogens (tertiary/aromatic N) is 1. The number of aromatic amines is 2. The molecule has 0 aliphatic heterocycles. The van der Waals surface area contributed by atoms with Crippen molar-refractivity contribution in [2.45, 2.75) is 105 Å². The summed E-state index contributed by atoms with van der Waals surface area (Å²) in [6.07, 6.45) is 11.0. The van der Waals surface area contributed by atoms with Crippen LogP contribution in [0.4, 0.5) is 0 Å². The van der Waals surface area contributed by atoms with Gasteiger partial charge in [-0.3, -0.25) is 4.98 Å². The number of nitrogens with one attached hydrogen (secondary N) is 2. The summed E-state index contributed by atoms with van der Waals surface area (Å²) in [5, 5.41) is 24.5. The monoisotopic (exact) mass is 787 g/mol. The zero-order chi connectivity index (χ0) is 36.4. The van der Waals surface area contributed by atoms with Crippen molar-refractivity contribution in [1.82, 2.24) is 4.98 Å². The van der Waals surface area contributed by atoms with Crippen molar-refractivity contribution in [2.24, 2.45) is 0 Å². The molecule has 0 spiro atoms. The molecule has 5 aromatic rings. The molecule has 0 saturated carbocycles. The Labute approximate surface area is 337 Å². The first kappa shape index (κ1) is 46.1. The van der Waals surface area contributed by atoms with Crippen LogP contribution in [0.5, 0.6) is 11.5 Å². The van der Waals surface area contributed by atoms with Gasteiger partial charge < -0.3 is 10.2 Å². The van der Waals surface area contributed by atoms with E-state index in [0.29, 0.717) is 0 Å². The van der Waals surface area contributed by atoms with Crippen LogP contribution in [0, 0.1) is 0 Å². The normalized spacial score (nSPS) is 10.9. The molecule has 0 amide bonds. The van der Waals surface area contributed by atoms with Crippen molar-refractivity contribution in [1.29, 1.82) is 0 Å². The van der Waals surface area contributed by atoms with Gasteiger partial charge in [-0.15, -0.1) is 11.5 Å². The molecule has 2 N–H and O–H groups in total. The molecule has 5 nitrogen and oxygen atoms in total. The Balaban J connectivity index is 0.000000624. The van der Waals surface area contributed by atoms with Crippen LogP contribution < -0.4 is 20.2 Å². The minimum Gasteiger partial charge on any atom is -0.872 e. The van der Waals surface area contributed by atoms with Gasteiger partial charge in [0.1, 0.15) is 0 Å². The summed E-state index contributed by atoms with van der Waals surface area (Å²) in [6, 6.07) is 29.2. The summed E-state index contributed by atoms with van der Waals surface area (Å²) in [7, 11) is 0. The van der Waals surface area contributed by atoms with Gasteiger partial charge >= 0.3 is 48.9 Å². The van der Waals surface area contributed by atoms with Crippen molar-refractivity contribution in [3.8, 4) is 11.5 Å². The van der Waals surface area contributed by atoms with E-state index < -0.39 is 0 Å². The average Bonchev–Trinajstić information content (AvgIpc) is 3.03. The van der Waals surface area contributed by atoms with Crippen LogP contribution in [0.2, 0.25) is 0 Å². The number of rotatable bonds is 0. The fraction of sp³-hybridized carbons (Fsp3) is 0.372. The van der Waals surface area contributed by atoms with Gasteiger partial charge in [-0.1, -0.05) is 160 Å². The van der Waals surface area contributed by atoms with Crippen LogP contribution in [0.1, 0.15) is 105 Å². The van der Waals surface area contributed by atoms with Gasteiger partial charge in [0.25, 0.3) is 0 Å². The van der Waals surface area contributed by atoms with Crippen LogP contribution in [-0.4, -0.2) is 53.9 Å². The number of hydrogen-bond acceptors (Lipinski definition) is 3. The number of hydrogen-bond donors (Lipinski definition) is 0. The zero-order valence-corrected chi connectivity index (χ0v) is 36.5. The van der Waals surface area contributed by atoms with Gasteiger partial charge in [-0.05, 0) is 33.8 Å². The molecule has 0 fully saturated rings. The summed E-state index contributed by atoms with van der Waals surface area (Å²) in [6.45, 7) is 25.0. The molecule has 0 aliphatic rings. The molecule has 3 aromatic heterocycles. The molecule has 0 atom stereocenters. The number of H-pyrrole nitrogens is 2. The number of benzene rings is 2. The van der Waals surface area contributed by atoms with Crippen molar-refractivity contribution in [2.75, 3.05) is 0 Å². The van der Waals surface area contributed by atoms with E-state index in [-0.39, 0.29) is 82.0 Å². The van der Waals surface area contributed by atoms with Gasteiger partial charge in [-0.25, -0.2) is 9.97 Å². The first-order valence-electron chi connectivity index (χ1n) is 16.6. The number of aromatic nitrogens is 3. The molecule has 0 unspecified atom stereocenters. The summed E-state index contributed by atoms with van der Waals surface area (Å²) in [4.78, 5) is 9.57. The molecule has 2 aromatic carbocycles. The molecule has 49 heavy (non-hydrogen) atoms. The molecule has 258 valence electrons. The van der Waals surface area contributed by atoms with E-state index in [1.807, 2.05) is 116 Å². The molecule has 0 saturated heterocycles. The summed E-state index contributed by atoms with van der Waals surface area (Å²) < 4.78 is 0. The third kappa shape index (κ3) is 18.6. The van der Waals surface area contributed by atoms with Gasteiger partial charge in [0.15, 0.2) is 24.8 Å². The van der Waals surface area contributed by atoms with E-state index in [1.54, 1.807) is 12.4 Å². The Hall–Kier alpha value is -2.94. The quantitative estimate of drug-likeness (QED) is 0.148. The van der Waals surface area contributed by atoms with E-state index >= 15 is 0 Å². The van der Waals surface area contributed by atoms with Crippen molar-refractivity contribution < 1.29 is 20.2 Å². The maximum Gasteiger partial charge on any atom is 2.00 e. The number of pyridine rings is 3. The molecular weight excluding hydrogens is 728 g/mol. The second-order valence-electron chi connectivity index (χ2n) is 15.5. The Morgan fingerprint density at radius 2 is 0.633 bits per heavy atom. The average molecular weight is 787 g/mol. The third-order valence-corrected chi connectivity index (χ3v) is 7.04. The third-order valence-electron chi connectivity index (χ3n) is 7.04. The Kier molecular flexibility index (Phi) is 20.7. The predicted molar refractivity (Wildman–Crippen MR) is 203 cm³/mol. The van der Waals surface area contributed by atoms with Gasteiger partial charge in [0.2, 0.25) is 0 Å². The van der Waals surface area contributed by atoms with Gasteiger partial charge in [-0.2, -0.15) is 0 Å². The smallest absolute Gasteiger partial charge is 0.872 e. The van der Waals surface area contributed by atoms with E-state index in [9.17, 15) is 10.2 Å². The van der Waals surface area contributed by atoms with Crippen LogP contribution in [0.3, 0.4) is 0 Å². The summed E-state index contributed by atoms with van der Waals surface area (Å²) >= 11 is 0. The van der Waals surface area contributed by atoms with E-state index in [4.69, 9.17) is 0 Å².